The number of imide groups is 1. The summed E-state index contributed by atoms with van der Waals surface area (Å²) in [4.78, 5) is 26.5. The van der Waals surface area contributed by atoms with Crippen LogP contribution in [-0.2, 0) is 9.59 Å². The molecule has 2 saturated carbocycles. The van der Waals surface area contributed by atoms with Gasteiger partial charge in [0.2, 0.25) is 11.8 Å². The van der Waals surface area contributed by atoms with Crippen LogP contribution in [0, 0.1) is 23.7 Å². The smallest absolute Gasteiger partial charge is 0.237 e. The van der Waals surface area contributed by atoms with Gasteiger partial charge in [-0.2, -0.15) is 0 Å². The van der Waals surface area contributed by atoms with Crippen LogP contribution in [-0.4, -0.2) is 11.8 Å². The first-order chi connectivity index (χ1) is 9.16. The zero-order valence-corrected chi connectivity index (χ0v) is 11.1. The lowest BCUT2D eigenvalue weighted by atomic mass is 9.81. The topological polar surface area (TPSA) is 37.4 Å². The molecule has 1 heterocycles. The zero-order valence-electron chi connectivity index (χ0n) is 10.4. The van der Waals surface area contributed by atoms with Gasteiger partial charge in [0.05, 0.1) is 17.5 Å². The van der Waals surface area contributed by atoms with Crippen molar-refractivity contribution in [3.8, 4) is 0 Å². The Morgan fingerprint density at radius 1 is 0.947 bits per heavy atom. The van der Waals surface area contributed by atoms with E-state index in [9.17, 15) is 9.59 Å². The Morgan fingerprint density at radius 3 is 2.00 bits per heavy atom. The van der Waals surface area contributed by atoms with Crippen LogP contribution < -0.4 is 4.90 Å². The van der Waals surface area contributed by atoms with Crippen molar-refractivity contribution in [2.45, 2.75) is 19.3 Å². The van der Waals surface area contributed by atoms with Gasteiger partial charge < -0.3 is 0 Å². The van der Waals surface area contributed by atoms with E-state index in [4.69, 9.17) is 11.6 Å². The first kappa shape index (κ1) is 11.5. The maximum absolute atomic E-state index is 12.5. The third-order valence-electron chi connectivity index (χ3n) is 5.01. The number of hydrogen-bond acceptors (Lipinski definition) is 2. The van der Waals surface area contributed by atoms with Gasteiger partial charge in [0, 0.05) is 5.02 Å². The number of carbonyl (C=O) groups is 2. The highest BCUT2D eigenvalue weighted by atomic mass is 35.5. The molecule has 0 N–H and O–H groups in total. The second-order valence-electron chi connectivity index (χ2n) is 5.87. The molecular weight excluding hydrogens is 262 g/mol. The first-order valence-corrected chi connectivity index (χ1v) is 7.18. The maximum Gasteiger partial charge on any atom is 0.237 e. The Bertz CT molecular complexity index is 540. The van der Waals surface area contributed by atoms with E-state index in [2.05, 4.69) is 0 Å². The van der Waals surface area contributed by atoms with E-state index in [1.54, 1.807) is 24.3 Å². The Balaban J connectivity index is 1.73. The highest BCUT2D eigenvalue weighted by Gasteiger charge is 2.61. The van der Waals surface area contributed by atoms with Gasteiger partial charge in [0.1, 0.15) is 0 Å². The molecule has 0 unspecified atom stereocenters. The van der Waals surface area contributed by atoms with Crippen molar-refractivity contribution in [1.82, 2.24) is 0 Å². The van der Waals surface area contributed by atoms with Crippen LogP contribution in [0.25, 0.3) is 0 Å². The van der Waals surface area contributed by atoms with Crippen LogP contribution in [0.1, 0.15) is 19.3 Å². The highest BCUT2D eigenvalue weighted by molar-refractivity contribution is 6.30. The second kappa shape index (κ2) is 3.83. The van der Waals surface area contributed by atoms with E-state index in [1.807, 2.05) is 0 Å². The number of carbonyl (C=O) groups excluding carboxylic acids is 2. The number of amides is 2. The molecule has 4 atom stereocenters. The monoisotopic (exact) mass is 275 g/mol. The van der Waals surface area contributed by atoms with E-state index in [-0.39, 0.29) is 23.7 Å². The lowest BCUT2D eigenvalue weighted by Gasteiger charge is -2.19. The molecule has 3 aliphatic rings. The maximum atomic E-state index is 12.5. The zero-order chi connectivity index (χ0) is 13.1. The number of nitrogens with zero attached hydrogens (tertiary/aromatic N) is 1. The summed E-state index contributed by atoms with van der Waals surface area (Å²) in [6.45, 7) is 0. The second-order valence-corrected chi connectivity index (χ2v) is 6.31. The lowest BCUT2D eigenvalue weighted by molar-refractivity contribution is -0.123. The van der Waals surface area contributed by atoms with Gasteiger partial charge in [-0.15, -0.1) is 0 Å². The fourth-order valence-electron chi connectivity index (χ4n) is 4.25. The molecule has 1 saturated heterocycles. The Labute approximate surface area is 116 Å². The van der Waals surface area contributed by atoms with Crippen molar-refractivity contribution in [1.29, 1.82) is 0 Å². The SMILES string of the molecule is O=C1[C@H]2[C@H]3CC[C@@H](C3)[C@@H]2C(=O)N1c1ccc(Cl)cc1. The highest BCUT2D eigenvalue weighted by Crippen LogP contribution is 2.56. The van der Waals surface area contributed by atoms with Gasteiger partial charge in [-0.25, -0.2) is 0 Å². The molecule has 0 spiro atoms. The molecule has 1 aliphatic heterocycles. The largest absolute Gasteiger partial charge is 0.274 e. The summed E-state index contributed by atoms with van der Waals surface area (Å²) in [5, 5.41) is 0.614. The van der Waals surface area contributed by atoms with Gasteiger partial charge >= 0.3 is 0 Å². The molecule has 19 heavy (non-hydrogen) atoms. The Hall–Kier alpha value is -1.35. The summed E-state index contributed by atoms with van der Waals surface area (Å²) in [5.41, 5.74) is 0.660. The average molecular weight is 276 g/mol. The number of rotatable bonds is 1. The summed E-state index contributed by atoms with van der Waals surface area (Å²) in [5.74, 6) is 0.769. The van der Waals surface area contributed by atoms with Crippen LogP contribution in [0.2, 0.25) is 5.02 Å². The molecule has 0 radical (unpaired) electrons. The quantitative estimate of drug-likeness (QED) is 0.739. The van der Waals surface area contributed by atoms with E-state index in [1.165, 1.54) is 4.90 Å². The van der Waals surface area contributed by atoms with Crippen LogP contribution in [0.5, 0.6) is 0 Å². The van der Waals surface area contributed by atoms with Gasteiger partial charge in [0.15, 0.2) is 0 Å². The summed E-state index contributed by atoms with van der Waals surface area (Å²) >= 11 is 5.85. The molecule has 2 bridgehead atoms. The molecule has 98 valence electrons. The summed E-state index contributed by atoms with van der Waals surface area (Å²) < 4.78 is 0. The predicted molar refractivity (Wildman–Crippen MR) is 71.8 cm³/mol. The fraction of sp³-hybridized carbons (Fsp3) is 0.467. The van der Waals surface area contributed by atoms with Crippen LogP contribution in [0.3, 0.4) is 0 Å². The number of anilines is 1. The van der Waals surface area contributed by atoms with Crippen LogP contribution in [0.15, 0.2) is 24.3 Å². The van der Waals surface area contributed by atoms with Crippen molar-refractivity contribution in [3.05, 3.63) is 29.3 Å². The summed E-state index contributed by atoms with van der Waals surface area (Å²) in [6.07, 6.45) is 3.29. The first-order valence-electron chi connectivity index (χ1n) is 6.80. The van der Waals surface area contributed by atoms with Crippen molar-refractivity contribution in [3.63, 3.8) is 0 Å². The van der Waals surface area contributed by atoms with Gasteiger partial charge in [0.25, 0.3) is 0 Å². The molecule has 2 aliphatic carbocycles. The third-order valence-corrected chi connectivity index (χ3v) is 5.26. The number of halogens is 1. The molecule has 2 amide bonds. The molecule has 1 aromatic carbocycles. The Morgan fingerprint density at radius 2 is 1.47 bits per heavy atom. The van der Waals surface area contributed by atoms with Gasteiger partial charge in [-0.3, -0.25) is 14.5 Å². The van der Waals surface area contributed by atoms with Gasteiger partial charge in [-0.05, 0) is 55.4 Å². The lowest BCUT2D eigenvalue weighted by Crippen LogP contribution is -2.32. The van der Waals surface area contributed by atoms with Crippen molar-refractivity contribution < 1.29 is 9.59 Å². The minimum Gasteiger partial charge on any atom is -0.274 e. The molecule has 0 aromatic heterocycles. The molecule has 4 heteroatoms. The normalized spacial score (nSPS) is 36.2. The molecule has 4 rings (SSSR count). The van der Waals surface area contributed by atoms with E-state index in [0.29, 0.717) is 22.5 Å². The van der Waals surface area contributed by atoms with Crippen molar-refractivity contribution in [2.24, 2.45) is 23.7 Å². The molecule has 3 fully saturated rings. The standard InChI is InChI=1S/C15H14ClNO2/c16-10-3-5-11(6-4-10)17-14(18)12-8-1-2-9(7-8)13(12)15(17)19/h3-6,8-9,12-13H,1-2,7H2/t8-,9-,12-,13-/m0/s1. The van der Waals surface area contributed by atoms with Crippen molar-refractivity contribution >= 4 is 29.1 Å². The number of benzene rings is 1. The molecule has 1 aromatic rings. The minimum atomic E-state index is -0.0538. The van der Waals surface area contributed by atoms with Gasteiger partial charge in [-0.1, -0.05) is 11.6 Å². The van der Waals surface area contributed by atoms with E-state index < -0.39 is 0 Å². The number of hydrogen-bond donors (Lipinski definition) is 0. The minimum absolute atomic E-state index is 0.00419. The van der Waals surface area contributed by atoms with Crippen LogP contribution >= 0.6 is 11.6 Å². The fourth-order valence-corrected chi connectivity index (χ4v) is 4.38. The van der Waals surface area contributed by atoms with Crippen LogP contribution in [0.4, 0.5) is 5.69 Å². The molecule has 3 nitrogen and oxygen atoms in total. The molecular formula is C15H14ClNO2. The third kappa shape index (κ3) is 1.45. The Kier molecular flexibility index (Phi) is 2.31. The summed E-state index contributed by atoms with van der Waals surface area (Å²) in [6, 6.07) is 6.95. The predicted octanol–water partition coefficient (Wildman–Crippen LogP) is 2.88. The summed E-state index contributed by atoms with van der Waals surface area (Å²) in [7, 11) is 0. The van der Waals surface area contributed by atoms with E-state index >= 15 is 0 Å². The number of fused-ring (bicyclic) bond motifs is 5. The van der Waals surface area contributed by atoms with E-state index in [0.717, 1.165) is 19.3 Å². The van der Waals surface area contributed by atoms with Crippen molar-refractivity contribution in [2.75, 3.05) is 4.90 Å². The average Bonchev–Trinajstić information content (AvgIpc) is 3.06.